The SMILES string of the molecule is O=C(O)C1CCN(C(=O)Nc2ccccc2Oc2ccc(Cl)cc2)CC1. The van der Waals surface area contributed by atoms with Gasteiger partial charge in [-0.15, -0.1) is 0 Å². The van der Waals surface area contributed by atoms with Gasteiger partial charge in [-0.05, 0) is 49.2 Å². The van der Waals surface area contributed by atoms with Gasteiger partial charge in [0.15, 0.2) is 5.75 Å². The summed E-state index contributed by atoms with van der Waals surface area (Å²) in [7, 11) is 0. The highest BCUT2D eigenvalue weighted by molar-refractivity contribution is 6.30. The summed E-state index contributed by atoms with van der Waals surface area (Å²) < 4.78 is 5.83. The first-order valence-electron chi connectivity index (χ1n) is 8.34. The van der Waals surface area contributed by atoms with Crippen molar-refractivity contribution >= 4 is 29.3 Å². The molecule has 1 aliphatic rings. The number of carbonyl (C=O) groups is 2. The van der Waals surface area contributed by atoms with E-state index in [0.717, 1.165) is 0 Å². The molecule has 0 aliphatic carbocycles. The van der Waals surface area contributed by atoms with Crippen molar-refractivity contribution in [2.24, 2.45) is 5.92 Å². The Balaban J connectivity index is 1.65. The van der Waals surface area contributed by atoms with Gasteiger partial charge in [0.05, 0.1) is 11.6 Å². The van der Waals surface area contributed by atoms with Crippen LogP contribution in [0.25, 0.3) is 0 Å². The molecule has 2 aromatic rings. The van der Waals surface area contributed by atoms with Crippen LogP contribution in [0, 0.1) is 5.92 Å². The Kier molecular flexibility index (Phi) is 5.63. The van der Waals surface area contributed by atoms with Crippen molar-refractivity contribution in [3.63, 3.8) is 0 Å². The van der Waals surface area contributed by atoms with Gasteiger partial charge in [0.2, 0.25) is 0 Å². The number of ether oxygens (including phenoxy) is 1. The van der Waals surface area contributed by atoms with Crippen LogP contribution in [0.5, 0.6) is 11.5 Å². The third-order valence-corrected chi connectivity index (χ3v) is 4.55. The highest BCUT2D eigenvalue weighted by atomic mass is 35.5. The number of carbonyl (C=O) groups excluding carboxylic acids is 1. The van der Waals surface area contributed by atoms with Gasteiger partial charge in [0, 0.05) is 18.1 Å². The molecule has 26 heavy (non-hydrogen) atoms. The van der Waals surface area contributed by atoms with E-state index in [4.69, 9.17) is 21.4 Å². The minimum absolute atomic E-state index is 0.263. The van der Waals surface area contributed by atoms with Crippen LogP contribution in [0.2, 0.25) is 5.02 Å². The maximum atomic E-state index is 12.5. The fourth-order valence-corrected chi connectivity index (χ4v) is 2.94. The van der Waals surface area contributed by atoms with E-state index in [1.54, 1.807) is 47.4 Å². The Morgan fingerprint density at radius 3 is 2.38 bits per heavy atom. The Morgan fingerprint density at radius 2 is 1.73 bits per heavy atom. The predicted octanol–water partition coefficient (Wildman–Crippen LogP) is 4.46. The molecule has 1 heterocycles. The van der Waals surface area contributed by atoms with E-state index in [2.05, 4.69) is 5.32 Å². The van der Waals surface area contributed by atoms with E-state index < -0.39 is 5.97 Å². The number of rotatable bonds is 4. The molecule has 7 heteroatoms. The molecular weight excluding hydrogens is 356 g/mol. The third kappa shape index (κ3) is 4.46. The van der Waals surface area contributed by atoms with Crippen molar-refractivity contribution in [3.8, 4) is 11.5 Å². The summed E-state index contributed by atoms with van der Waals surface area (Å²) in [6, 6.07) is 13.8. The summed E-state index contributed by atoms with van der Waals surface area (Å²) in [5.41, 5.74) is 0.549. The molecule has 0 unspecified atom stereocenters. The van der Waals surface area contributed by atoms with Crippen LogP contribution in [0.15, 0.2) is 48.5 Å². The van der Waals surface area contributed by atoms with Crippen molar-refractivity contribution in [1.29, 1.82) is 0 Å². The summed E-state index contributed by atoms with van der Waals surface area (Å²) in [6.45, 7) is 0.839. The van der Waals surface area contributed by atoms with Gasteiger partial charge < -0.3 is 20.1 Å². The number of anilines is 1. The number of hydrogen-bond acceptors (Lipinski definition) is 3. The number of urea groups is 1. The maximum absolute atomic E-state index is 12.5. The number of benzene rings is 2. The van der Waals surface area contributed by atoms with Gasteiger partial charge in [-0.2, -0.15) is 0 Å². The number of carboxylic acids is 1. The van der Waals surface area contributed by atoms with Gasteiger partial charge in [-0.1, -0.05) is 23.7 Å². The van der Waals surface area contributed by atoms with Crippen LogP contribution in [0.1, 0.15) is 12.8 Å². The predicted molar refractivity (Wildman–Crippen MR) is 98.9 cm³/mol. The summed E-state index contributed by atoms with van der Waals surface area (Å²) in [4.78, 5) is 25.1. The number of aliphatic carboxylic acids is 1. The number of nitrogens with one attached hydrogen (secondary N) is 1. The second kappa shape index (κ2) is 8.10. The average Bonchev–Trinajstić information content (AvgIpc) is 2.65. The van der Waals surface area contributed by atoms with Crippen LogP contribution in [-0.4, -0.2) is 35.1 Å². The van der Waals surface area contributed by atoms with Crippen LogP contribution < -0.4 is 10.1 Å². The maximum Gasteiger partial charge on any atom is 0.321 e. The van der Waals surface area contributed by atoms with Crippen LogP contribution in [-0.2, 0) is 4.79 Å². The number of nitrogens with zero attached hydrogens (tertiary/aromatic N) is 1. The lowest BCUT2D eigenvalue weighted by atomic mass is 9.97. The minimum Gasteiger partial charge on any atom is -0.481 e. The molecule has 1 fully saturated rings. The number of hydrogen-bond donors (Lipinski definition) is 2. The molecule has 3 rings (SSSR count). The molecule has 136 valence electrons. The quantitative estimate of drug-likeness (QED) is 0.828. The van der Waals surface area contributed by atoms with Crippen molar-refractivity contribution in [2.75, 3.05) is 18.4 Å². The summed E-state index contributed by atoms with van der Waals surface area (Å²) in [6.07, 6.45) is 0.928. The molecule has 0 spiro atoms. The van der Waals surface area contributed by atoms with E-state index in [9.17, 15) is 9.59 Å². The van der Waals surface area contributed by atoms with E-state index in [1.165, 1.54) is 0 Å². The Labute approximate surface area is 156 Å². The first-order chi connectivity index (χ1) is 12.5. The molecule has 0 radical (unpaired) electrons. The molecule has 0 atom stereocenters. The molecule has 0 bridgehead atoms. The number of para-hydroxylation sites is 2. The second-order valence-electron chi connectivity index (χ2n) is 6.08. The van der Waals surface area contributed by atoms with Crippen LogP contribution >= 0.6 is 11.6 Å². The zero-order valence-corrected chi connectivity index (χ0v) is 14.8. The number of likely N-dealkylation sites (tertiary alicyclic amines) is 1. The summed E-state index contributed by atoms with van der Waals surface area (Å²) in [5, 5.41) is 12.5. The number of halogens is 1. The second-order valence-corrected chi connectivity index (χ2v) is 6.52. The number of amides is 2. The lowest BCUT2D eigenvalue weighted by Crippen LogP contribution is -2.42. The van der Waals surface area contributed by atoms with E-state index in [0.29, 0.717) is 48.1 Å². The number of piperidine rings is 1. The average molecular weight is 375 g/mol. The first-order valence-corrected chi connectivity index (χ1v) is 8.72. The van der Waals surface area contributed by atoms with Crippen LogP contribution in [0.4, 0.5) is 10.5 Å². The van der Waals surface area contributed by atoms with Crippen molar-refractivity contribution < 1.29 is 19.4 Å². The lowest BCUT2D eigenvalue weighted by Gasteiger charge is -2.30. The highest BCUT2D eigenvalue weighted by Crippen LogP contribution is 2.30. The Bertz CT molecular complexity index is 786. The standard InChI is InChI=1S/C19H19ClN2O4/c20-14-5-7-15(8-6-14)26-17-4-2-1-3-16(17)21-19(25)22-11-9-13(10-12-22)18(23)24/h1-8,13H,9-12H2,(H,21,25)(H,23,24). The normalized spacial score (nSPS) is 14.7. The molecular formula is C19H19ClN2O4. The van der Waals surface area contributed by atoms with Gasteiger partial charge >= 0.3 is 12.0 Å². The Hall–Kier alpha value is -2.73. The van der Waals surface area contributed by atoms with Gasteiger partial charge in [0.25, 0.3) is 0 Å². The van der Waals surface area contributed by atoms with Gasteiger partial charge in [-0.3, -0.25) is 4.79 Å². The van der Waals surface area contributed by atoms with E-state index in [-0.39, 0.29) is 11.9 Å². The smallest absolute Gasteiger partial charge is 0.321 e. The monoisotopic (exact) mass is 374 g/mol. The zero-order chi connectivity index (χ0) is 18.5. The Morgan fingerprint density at radius 1 is 1.08 bits per heavy atom. The molecule has 0 aromatic heterocycles. The third-order valence-electron chi connectivity index (χ3n) is 4.30. The molecule has 2 aromatic carbocycles. The largest absolute Gasteiger partial charge is 0.481 e. The summed E-state index contributed by atoms with van der Waals surface area (Å²) in [5.74, 6) is -0.0479. The van der Waals surface area contributed by atoms with Gasteiger partial charge in [-0.25, -0.2) is 4.79 Å². The zero-order valence-electron chi connectivity index (χ0n) is 14.0. The fourth-order valence-electron chi connectivity index (χ4n) is 2.81. The summed E-state index contributed by atoms with van der Waals surface area (Å²) >= 11 is 5.88. The molecule has 0 saturated carbocycles. The van der Waals surface area contributed by atoms with E-state index in [1.807, 2.05) is 6.07 Å². The fraction of sp³-hybridized carbons (Fsp3) is 0.263. The molecule has 1 saturated heterocycles. The van der Waals surface area contributed by atoms with Crippen molar-refractivity contribution in [2.45, 2.75) is 12.8 Å². The highest BCUT2D eigenvalue weighted by Gasteiger charge is 2.27. The van der Waals surface area contributed by atoms with Crippen molar-refractivity contribution in [1.82, 2.24) is 4.90 Å². The van der Waals surface area contributed by atoms with E-state index >= 15 is 0 Å². The van der Waals surface area contributed by atoms with Crippen LogP contribution in [0.3, 0.4) is 0 Å². The minimum atomic E-state index is -0.799. The molecule has 2 N–H and O–H groups in total. The molecule has 1 aliphatic heterocycles. The lowest BCUT2D eigenvalue weighted by molar-refractivity contribution is -0.143. The topological polar surface area (TPSA) is 78.9 Å². The van der Waals surface area contributed by atoms with Crippen molar-refractivity contribution in [3.05, 3.63) is 53.6 Å². The first kappa shape index (κ1) is 18.1. The number of carboxylic acid groups (broad SMARTS) is 1. The molecule has 6 nitrogen and oxygen atoms in total. The van der Waals surface area contributed by atoms with Gasteiger partial charge in [0.1, 0.15) is 5.75 Å². The molecule has 2 amide bonds.